The van der Waals surface area contributed by atoms with Gasteiger partial charge in [0, 0.05) is 12.4 Å². The number of aryl methyl sites for hydroxylation is 1. The molecule has 0 unspecified atom stereocenters. The third kappa shape index (κ3) is 1.14. The van der Waals surface area contributed by atoms with E-state index in [1.807, 2.05) is 36.0 Å². The lowest BCUT2D eigenvalue weighted by Crippen LogP contribution is -2.09. The maximum absolute atomic E-state index is 10.5. The lowest BCUT2D eigenvalue weighted by molar-refractivity contribution is 0.550. The first kappa shape index (κ1) is 9.31. The Morgan fingerprint density at radius 1 is 1.44 bits per heavy atom. The number of fused-ring (bicyclic) bond motifs is 1. The average molecular weight is 213 g/mol. The summed E-state index contributed by atoms with van der Waals surface area (Å²) in [5.74, 6) is 0. The summed E-state index contributed by atoms with van der Waals surface area (Å²) in [6, 6.07) is 7.94. The van der Waals surface area contributed by atoms with Crippen LogP contribution < -0.4 is 0 Å². The molecule has 1 fully saturated rings. The van der Waals surface area contributed by atoms with Crippen molar-refractivity contribution < 1.29 is 4.79 Å². The maximum atomic E-state index is 10.5. The van der Waals surface area contributed by atoms with Crippen LogP contribution in [0.1, 0.15) is 18.5 Å². The number of aromatic nitrogens is 2. The van der Waals surface area contributed by atoms with Crippen molar-refractivity contribution in [2.45, 2.75) is 18.4 Å². The van der Waals surface area contributed by atoms with E-state index in [-0.39, 0.29) is 5.54 Å². The smallest absolute Gasteiger partial charge is 0.235 e. The van der Waals surface area contributed by atoms with Crippen molar-refractivity contribution in [3.8, 4) is 0 Å². The van der Waals surface area contributed by atoms with Crippen molar-refractivity contribution in [3.05, 3.63) is 30.0 Å². The summed E-state index contributed by atoms with van der Waals surface area (Å²) in [4.78, 5) is 14.4. The fourth-order valence-corrected chi connectivity index (χ4v) is 2.31. The van der Waals surface area contributed by atoms with E-state index in [0.29, 0.717) is 0 Å². The molecule has 16 heavy (non-hydrogen) atoms. The highest BCUT2D eigenvalue weighted by Crippen LogP contribution is 2.50. The van der Waals surface area contributed by atoms with Gasteiger partial charge in [-0.05, 0) is 18.9 Å². The molecule has 0 saturated heterocycles. The average Bonchev–Trinajstić information content (AvgIpc) is 2.94. The summed E-state index contributed by atoms with van der Waals surface area (Å²) >= 11 is 0. The third-order valence-corrected chi connectivity index (χ3v) is 3.16. The summed E-state index contributed by atoms with van der Waals surface area (Å²) in [5.41, 5.74) is 1.63. The molecule has 0 radical (unpaired) electrons. The van der Waals surface area contributed by atoms with Crippen LogP contribution in [0.15, 0.2) is 29.3 Å². The van der Waals surface area contributed by atoms with Crippen molar-refractivity contribution >= 4 is 17.0 Å². The largest absolute Gasteiger partial charge is 0.269 e. The minimum atomic E-state index is -0.355. The standard InChI is InChI=1S/C12H11N3O/c1-15-11(12(6-7-12)13-8-16)9-4-2-3-5-10(9)14-15/h2-5H,6-7H2,1H3. The Labute approximate surface area is 92.6 Å². The van der Waals surface area contributed by atoms with E-state index in [4.69, 9.17) is 0 Å². The molecule has 0 N–H and O–H groups in total. The number of hydrogen-bond acceptors (Lipinski definition) is 3. The van der Waals surface area contributed by atoms with Gasteiger partial charge < -0.3 is 0 Å². The van der Waals surface area contributed by atoms with Crippen LogP contribution in [0.25, 0.3) is 10.9 Å². The molecule has 0 atom stereocenters. The van der Waals surface area contributed by atoms with Crippen LogP contribution in [0.2, 0.25) is 0 Å². The van der Waals surface area contributed by atoms with Crippen molar-refractivity contribution in [2.24, 2.45) is 12.0 Å². The van der Waals surface area contributed by atoms with Gasteiger partial charge in [-0.1, -0.05) is 18.2 Å². The molecular weight excluding hydrogens is 202 g/mol. The van der Waals surface area contributed by atoms with E-state index in [9.17, 15) is 4.79 Å². The lowest BCUT2D eigenvalue weighted by atomic mass is 10.1. The first-order valence-electron chi connectivity index (χ1n) is 5.28. The normalized spacial score (nSPS) is 17.1. The monoisotopic (exact) mass is 213 g/mol. The van der Waals surface area contributed by atoms with Gasteiger partial charge in [0.2, 0.25) is 6.08 Å². The Morgan fingerprint density at radius 3 is 2.88 bits per heavy atom. The molecule has 0 spiro atoms. The quantitative estimate of drug-likeness (QED) is 0.565. The number of benzene rings is 1. The summed E-state index contributed by atoms with van der Waals surface area (Å²) in [7, 11) is 1.90. The van der Waals surface area contributed by atoms with Crippen molar-refractivity contribution in [2.75, 3.05) is 0 Å². The molecule has 1 saturated carbocycles. The molecule has 0 amide bonds. The second-order valence-electron chi connectivity index (χ2n) is 4.22. The van der Waals surface area contributed by atoms with Crippen LogP contribution in [0.5, 0.6) is 0 Å². The topological polar surface area (TPSA) is 47.2 Å². The molecule has 1 aliphatic carbocycles. The minimum absolute atomic E-state index is 0.355. The zero-order valence-corrected chi connectivity index (χ0v) is 8.97. The van der Waals surface area contributed by atoms with Gasteiger partial charge in [-0.15, -0.1) is 0 Å². The third-order valence-electron chi connectivity index (χ3n) is 3.16. The van der Waals surface area contributed by atoms with Crippen LogP contribution in [-0.2, 0) is 17.4 Å². The molecule has 80 valence electrons. The van der Waals surface area contributed by atoms with Crippen LogP contribution in [0, 0.1) is 0 Å². The summed E-state index contributed by atoms with van der Waals surface area (Å²) in [6.07, 6.45) is 3.50. The molecule has 4 heteroatoms. The Morgan fingerprint density at radius 2 is 2.19 bits per heavy atom. The Hall–Kier alpha value is -1.93. The predicted molar refractivity (Wildman–Crippen MR) is 59.7 cm³/mol. The van der Waals surface area contributed by atoms with Gasteiger partial charge in [0.15, 0.2) is 0 Å². The first-order valence-corrected chi connectivity index (χ1v) is 5.28. The molecule has 0 aliphatic heterocycles. The van der Waals surface area contributed by atoms with Crippen molar-refractivity contribution in [1.82, 2.24) is 9.78 Å². The fraction of sp³-hybridized carbons (Fsp3) is 0.333. The van der Waals surface area contributed by atoms with Crippen LogP contribution in [-0.4, -0.2) is 15.9 Å². The predicted octanol–water partition coefficient (Wildman–Crippen LogP) is 1.90. The lowest BCUT2D eigenvalue weighted by Gasteiger charge is -2.08. The number of nitrogens with zero attached hydrogens (tertiary/aromatic N) is 3. The fourth-order valence-electron chi connectivity index (χ4n) is 2.31. The molecule has 1 heterocycles. The SMILES string of the molecule is Cn1nc2ccccc2c1C1(N=C=O)CC1. The summed E-state index contributed by atoms with van der Waals surface area (Å²) in [6.45, 7) is 0. The first-order chi connectivity index (χ1) is 7.77. The van der Waals surface area contributed by atoms with Crippen molar-refractivity contribution in [3.63, 3.8) is 0 Å². The molecular formula is C12H11N3O. The molecule has 2 aromatic rings. The minimum Gasteiger partial charge on any atom is -0.269 e. The van der Waals surface area contributed by atoms with E-state index < -0.39 is 0 Å². The molecule has 1 aromatic carbocycles. The van der Waals surface area contributed by atoms with Gasteiger partial charge in [-0.3, -0.25) is 4.68 Å². The van der Waals surface area contributed by atoms with E-state index in [1.54, 1.807) is 6.08 Å². The Kier molecular flexibility index (Phi) is 1.76. The Balaban J connectivity index is 2.31. The van der Waals surface area contributed by atoms with Gasteiger partial charge in [0.05, 0.1) is 11.2 Å². The highest BCUT2D eigenvalue weighted by atomic mass is 16.1. The maximum Gasteiger partial charge on any atom is 0.235 e. The molecule has 3 rings (SSSR count). The summed E-state index contributed by atoms with van der Waals surface area (Å²) in [5, 5.41) is 5.51. The highest BCUT2D eigenvalue weighted by Gasteiger charge is 2.48. The molecule has 0 bridgehead atoms. The Bertz CT molecular complexity index is 604. The molecule has 1 aliphatic rings. The summed E-state index contributed by atoms with van der Waals surface area (Å²) < 4.78 is 1.83. The second-order valence-corrected chi connectivity index (χ2v) is 4.22. The number of carbonyl (C=O) groups excluding carboxylic acids is 1. The van der Waals surface area contributed by atoms with Crippen LogP contribution in [0.4, 0.5) is 0 Å². The zero-order chi connectivity index (χ0) is 11.2. The van der Waals surface area contributed by atoms with Crippen molar-refractivity contribution in [1.29, 1.82) is 0 Å². The highest BCUT2D eigenvalue weighted by molar-refractivity contribution is 5.83. The number of isocyanates is 1. The van der Waals surface area contributed by atoms with E-state index >= 15 is 0 Å². The van der Waals surface area contributed by atoms with Gasteiger partial charge in [-0.2, -0.15) is 10.1 Å². The van der Waals surface area contributed by atoms with Gasteiger partial charge in [0.25, 0.3) is 0 Å². The molecule has 1 aromatic heterocycles. The van der Waals surface area contributed by atoms with E-state index in [1.165, 1.54) is 0 Å². The second kappa shape index (κ2) is 3.03. The van der Waals surface area contributed by atoms with Gasteiger partial charge in [-0.25, -0.2) is 4.79 Å². The van der Waals surface area contributed by atoms with Crippen LogP contribution >= 0.6 is 0 Å². The number of aliphatic imine (C=N–C) groups is 1. The van der Waals surface area contributed by atoms with Gasteiger partial charge >= 0.3 is 0 Å². The van der Waals surface area contributed by atoms with Crippen LogP contribution in [0.3, 0.4) is 0 Å². The number of hydrogen-bond donors (Lipinski definition) is 0. The number of rotatable bonds is 2. The van der Waals surface area contributed by atoms with Gasteiger partial charge in [0.1, 0.15) is 5.54 Å². The zero-order valence-electron chi connectivity index (χ0n) is 8.97. The van der Waals surface area contributed by atoms with E-state index in [2.05, 4.69) is 10.1 Å². The van der Waals surface area contributed by atoms with E-state index in [0.717, 1.165) is 29.4 Å². The molecule has 4 nitrogen and oxygen atoms in total.